The number of benzene rings is 2. The highest BCUT2D eigenvalue weighted by Crippen LogP contribution is 2.43. The molecule has 1 amide bonds. The standard InChI is InChI=1S/C18H14N2O6/c1-10(21)15-16(13-4-2-3-5-14(13)20(25)26)19(18(24)17(15)23)11-6-8-12(22)9-7-11/h2-9,16,22-23H,1H3. The maximum atomic E-state index is 12.6. The molecular formula is C18H14N2O6. The van der Waals surface area contributed by atoms with E-state index in [1.165, 1.54) is 49.4 Å². The normalized spacial score (nSPS) is 16.9. The second-order valence-electron chi connectivity index (χ2n) is 5.73. The number of carbonyl (C=O) groups is 2. The Hall–Kier alpha value is -3.68. The molecule has 2 N–H and O–H groups in total. The zero-order chi connectivity index (χ0) is 19.0. The summed E-state index contributed by atoms with van der Waals surface area (Å²) in [5.41, 5.74) is -0.105. The smallest absolute Gasteiger partial charge is 0.294 e. The van der Waals surface area contributed by atoms with Crippen molar-refractivity contribution in [1.29, 1.82) is 0 Å². The van der Waals surface area contributed by atoms with Gasteiger partial charge >= 0.3 is 0 Å². The molecular weight excluding hydrogens is 340 g/mol. The Balaban J connectivity index is 2.25. The summed E-state index contributed by atoms with van der Waals surface area (Å²) in [7, 11) is 0. The number of phenols is 1. The van der Waals surface area contributed by atoms with Crippen LogP contribution in [0.15, 0.2) is 59.9 Å². The molecule has 2 aromatic rings. The molecule has 8 heteroatoms. The van der Waals surface area contributed by atoms with Gasteiger partial charge in [0.05, 0.1) is 16.1 Å². The molecule has 2 aromatic carbocycles. The summed E-state index contributed by atoms with van der Waals surface area (Å²) in [6, 6.07) is 10.1. The molecule has 8 nitrogen and oxygen atoms in total. The number of aliphatic hydroxyl groups excluding tert-OH is 1. The summed E-state index contributed by atoms with van der Waals surface area (Å²) in [5, 5.41) is 31.1. The molecule has 1 heterocycles. The minimum Gasteiger partial charge on any atom is -0.508 e. The van der Waals surface area contributed by atoms with Gasteiger partial charge in [-0.2, -0.15) is 0 Å². The molecule has 0 aliphatic carbocycles. The van der Waals surface area contributed by atoms with Crippen LogP contribution < -0.4 is 4.90 Å². The Morgan fingerprint density at radius 1 is 1.12 bits per heavy atom. The Labute approximate surface area is 147 Å². The van der Waals surface area contributed by atoms with Crippen molar-refractivity contribution < 1.29 is 24.7 Å². The Morgan fingerprint density at radius 3 is 2.31 bits per heavy atom. The first-order valence-corrected chi connectivity index (χ1v) is 7.63. The fourth-order valence-corrected chi connectivity index (χ4v) is 3.02. The third-order valence-electron chi connectivity index (χ3n) is 4.14. The van der Waals surface area contributed by atoms with Gasteiger partial charge in [-0.05, 0) is 37.3 Å². The van der Waals surface area contributed by atoms with Crippen LogP contribution in [0.2, 0.25) is 0 Å². The number of phenolic OH excluding ortho intramolecular Hbond substituents is 1. The van der Waals surface area contributed by atoms with Gasteiger partial charge in [0.1, 0.15) is 11.8 Å². The summed E-state index contributed by atoms with van der Waals surface area (Å²) in [6.07, 6.45) is 0. The van der Waals surface area contributed by atoms with Crippen LogP contribution in [0, 0.1) is 10.1 Å². The molecule has 0 bridgehead atoms. The minimum absolute atomic E-state index is 0.0355. The summed E-state index contributed by atoms with van der Waals surface area (Å²) in [6.45, 7) is 1.18. The van der Waals surface area contributed by atoms with Crippen LogP contribution in [0.5, 0.6) is 5.75 Å². The number of ketones is 1. The van der Waals surface area contributed by atoms with E-state index in [1.54, 1.807) is 6.07 Å². The third kappa shape index (κ3) is 2.67. The number of amides is 1. The highest BCUT2D eigenvalue weighted by molar-refractivity contribution is 6.16. The number of carbonyl (C=O) groups excluding carboxylic acids is 2. The van der Waals surface area contributed by atoms with Crippen molar-refractivity contribution in [3.05, 3.63) is 75.5 Å². The monoisotopic (exact) mass is 354 g/mol. The van der Waals surface area contributed by atoms with E-state index in [0.717, 1.165) is 4.90 Å². The lowest BCUT2D eigenvalue weighted by Gasteiger charge is -2.26. The number of rotatable bonds is 4. The van der Waals surface area contributed by atoms with Crippen molar-refractivity contribution >= 4 is 23.1 Å². The molecule has 1 aliphatic rings. The van der Waals surface area contributed by atoms with E-state index < -0.39 is 28.4 Å². The van der Waals surface area contributed by atoms with Crippen LogP contribution in [-0.2, 0) is 9.59 Å². The zero-order valence-corrected chi connectivity index (χ0v) is 13.6. The van der Waals surface area contributed by atoms with E-state index in [1.807, 2.05) is 0 Å². The lowest BCUT2D eigenvalue weighted by molar-refractivity contribution is -0.385. The molecule has 26 heavy (non-hydrogen) atoms. The lowest BCUT2D eigenvalue weighted by atomic mass is 9.95. The van der Waals surface area contributed by atoms with Gasteiger partial charge in [0, 0.05) is 11.8 Å². The van der Waals surface area contributed by atoms with E-state index in [2.05, 4.69) is 0 Å². The molecule has 1 unspecified atom stereocenters. The van der Waals surface area contributed by atoms with Gasteiger partial charge in [0.2, 0.25) is 0 Å². The van der Waals surface area contributed by atoms with Crippen molar-refractivity contribution in [3.8, 4) is 5.75 Å². The van der Waals surface area contributed by atoms with Gasteiger partial charge in [-0.1, -0.05) is 12.1 Å². The number of Topliss-reactive ketones (excluding diaryl/α,β-unsaturated/α-hetero) is 1. The molecule has 0 saturated carbocycles. The van der Waals surface area contributed by atoms with Crippen molar-refractivity contribution in [2.24, 2.45) is 0 Å². The van der Waals surface area contributed by atoms with Gasteiger partial charge in [-0.25, -0.2) is 0 Å². The fraction of sp³-hybridized carbons (Fsp3) is 0.111. The topological polar surface area (TPSA) is 121 Å². The van der Waals surface area contributed by atoms with Crippen molar-refractivity contribution in [2.75, 3.05) is 4.90 Å². The van der Waals surface area contributed by atoms with Gasteiger partial charge in [0.25, 0.3) is 11.6 Å². The highest BCUT2D eigenvalue weighted by Gasteiger charge is 2.45. The zero-order valence-electron chi connectivity index (χ0n) is 13.6. The second-order valence-corrected chi connectivity index (χ2v) is 5.73. The molecule has 0 spiro atoms. The number of hydrogen-bond donors (Lipinski definition) is 2. The number of aliphatic hydroxyl groups is 1. The second kappa shape index (κ2) is 6.32. The average Bonchev–Trinajstić information content (AvgIpc) is 2.87. The molecule has 0 aromatic heterocycles. The van der Waals surface area contributed by atoms with Crippen LogP contribution in [0.1, 0.15) is 18.5 Å². The van der Waals surface area contributed by atoms with Crippen molar-refractivity contribution in [3.63, 3.8) is 0 Å². The number of para-hydroxylation sites is 1. The summed E-state index contributed by atoms with van der Waals surface area (Å²) in [5.74, 6) is -2.19. The Bertz CT molecular complexity index is 948. The van der Waals surface area contributed by atoms with Gasteiger partial charge < -0.3 is 10.2 Å². The first-order valence-electron chi connectivity index (χ1n) is 7.63. The van der Waals surface area contributed by atoms with E-state index in [-0.39, 0.29) is 28.3 Å². The van der Waals surface area contributed by atoms with Gasteiger partial charge in [0.15, 0.2) is 11.5 Å². The van der Waals surface area contributed by atoms with Crippen molar-refractivity contribution in [1.82, 2.24) is 0 Å². The molecule has 0 saturated heterocycles. The van der Waals surface area contributed by atoms with E-state index >= 15 is 0 Å². The van der Waals surface area contributed by atoms with Crippen LogP contribution in [0.4, 0.5) is 11.4 Å². The predicted octanol–water partition coefficient (Wildman–Crippen LogP) is 2.79. The fourth-order valence-electron chi connectivity index (χ4n) is 3.02. The lowest BCUT2D eigenvalue weighted by Crippen LogP contribution is -2.31. The first kappa shape index (κ1) is 17.2. The number of nitro benzene ring substituents is 1. The maximum absolute atomic E-state index is 12.6. The van der Waals surface area contributed by atoms with Crippen LogP contribution in [-0.4, -0.2) is 26.8 Å². The summed E-state index contributed by atoms with van der Waals surface area (Å²) < 4.78 is 0. The quantitative estimate of drug-likeness (QED) is 0.643. The van der Waals surface area contributed by atoms with Crippen LogP contribution in [0.25, 0.3) is 0 Å². The first-order chi connectivity index (χ1) is 12.3. The number of hydrogen-bond acceptors (Lipinski definition) is 6. The van der Waals surface area contributed by atoms with Crippen LogP contribution >= 0.6 is 0 Å². The third-order valence-corrected chi connectivity index (χ3v) is 4.14. The number of nitrogens with zero attached hydrogens (tertiary/aromatic N) is 2. The SMILES string of the molecule is CC(=O)C1=C(O)C(=O)N(c2ccc(O)cc2)C1c1ccccc1[N+](=O)[O-]. The number of aromatic hydroxyl groups is 1. The molecule has 132 valence electrons. The largest absolute Gasteiger partial charge is 0.508 e. The Morgan fingerprint density at radius 2 is 1.73 bits per heavy atom. The van der Waals surface area contributed by atoms with Gasteiger partial charge in [-0.3, -0.25) is 24.6 Å². The molecule has 1 aliphatic heterocycles. The van der Waals surface area contributed by atoms with E-state index in [9.17, 15) is 29.9 Å². The summed E-state index contributed by atoms with van der Waals surface area (Å²) >= 11 is 0. The van der Waals surface area contributed by atoms with Crippen molar-refractivity contribution in [2.45, 2.75) is 13.0 Å². The Kier molecular flexibility index (Phi) is 4.17. The predicted molar refractivity (Wildman–Crippen MR) is 91.8 cm³/mol. The summed E-state index contributed by atoms with van der Waals surface area (Å²) in [4.78, 5) is 36.6. The molecule has 1 atom stereocenters. The highest BCUT2D eigenvalue weighted by atomic mass is 16.6. The number of nitro groups is 1. The maximum Gasteiger partial charge on any atom is 0.294 e. The van der Waals surface area contributed by atoms with E-state index in [4.69, 9.17) is 0 Å². The molecule has 0 radical (unpaired) electrons. The number of anilines is 1. The minimum atomic E-state index is -1.15. The average molecular weight is 354 g/mol. The molecule has 0 fully saturated rings. The molecule has 3 rings (SSSR count). The van der Waals surface area contributed by atoms with Crippen LogP contribution in [0.3, 0.4) is 0 Å². The van der Waals surface area contributed by atoms with Gasteiger partial charge in [-0.15, -0.1) is 0 Å². The van der Waals surface area contributed by atoms with E-state index in [0.29, 0.717) is 0 Å².